The molecule has 1 aliphatic rings. The number of nitrogens with one attached hydrogen (secondary N) is 2. The molecule has 18 heavy (non-hydrogen) atoms. The van der Waals surface area contributed by atoms with E-state index in [4.69, 9.17) is 0 Å². The monoisotopic (exact) mass is 314 g/mol. The molecule has 1 saturated heterocycles. The molecule has 1 amide bonds. The van der Waals surface area contributed by atoms with Crippen LogP contribution in [0.2, 0.25) is 0 Å². The van der Waals surface area contributed by atoms with Crippen LogP contribution in [0.3, 0.4) is 0 Å². The van der Waals surface area contributed by atoms with Crippen molar-refractivity contribution >= 4 is 21.8 Å². The highest BCUT2D eigenvalue weighted by Gasteiger charge is 2.14. The largest absolute Gasteiger partial charge is 0.352 e. The van der Waals surface area contributed by atoms with Gasteiger partial charge in [0, 0.05) is 22.6 Å². The van der Waals surface area contributed by atoms with Crippen molar-refractivity contribution in [2.75, 3.05) is 13.1 Å². The lowest BCUT2D eigenvalue weighted by atomic mass is 10.1. The second-order valence-electron chi connectivity index (χ2n) is 4.50. The molecule has 98 valence electrons. The van der Waals surface area contributed by atoms with Gasteiger partial charge in [-0.2, -0.15) is 0 Å². The van der Waals surface area contributed by atoms with Gasteiger partial charge in [-0.3, -0.25) is 4.79 Å². The molecule has 1 unspecified atom stereocenters. The van der Waals surface area contributed by atoms with E-state index >= 15 is 0 Å². The normalized spacial score (nSPS) is 18.9. The molecule has 2 N–H and O–H groups in total. The summed E-state index contributed by atoms with van der Waals surface area (Å²) in [6.07, 6.45) is 3.29. The third kappa shape index (κ3) is 3.78. The summed E-state index contributed by atoms with van der Waals surface area (Å²) in [6.45, 7) is 1.68. The summed E-state index contributed by atoms with van der Waals surface area (Å²) < 4.78 is 13.7. The highest BCUT2D eigenvalue weighted by atomic mass is 79.9. The van der Waals surface area contributed by atoms with Gasteiger partial charge in [0.25, 0.3) is 5.91 Å². The van der Waals surface area contributed by atoms with Gasteiger partial charge in [-0.05, 0) is 44.0 Å². The van der Waals surface area contributed by atoms with Gasteiger partial charge in [0.15, 0.2) is 0 Å². The number of halogens is 2. The smallest absolute Gasteiger partial charge is 0.251 e. The van der Waals surface area contributed by atoms with Crippen LogP contribution in [0.25, 0.3) is 0 Å². The maximum atomic E-state index is 13.1. The van der Waals surface area contributed by atoms with E-state index < -0.39 is 5.82 Å². The number of rotatable bonds is 4. The van der Waals surface area contributed by atoms with E-state index in [1.807, 2.05) is 0 Å². The molecule has 3 nitrogen and oxygen atoms in total. The Bertz CT molecular complexity index is 413. The fraction of sp³-hybridized carbons (Fsp3) is 0.462. The summed E-state index contributed by atoms with van der Waals surface area (Å²) in [5.41, 5.74) is 0.348. The summed E-state index contributed by atoms with van der Waals surface area (Å²) in [5.74, 6) is -0.639. The van der Waals surface area contributed by atoms with E-state index in [1.165, 1.54) is 25.0 Å². The van der Waals surface area contributed by atoms with Gasteiger partial charge in [0.05, 0.1) is 0 Å². The highest BCUT2D eigenvalue weighted by molar-refractivity contribution is 9.10. The molecule has 0 aliphatic carbocycles. The minimum atomic E-state index is -0.410. The van der Waals surface area contributed by atoms with E-state index in [0.29, 0.717) is 22.6 Å². The molecule has 0 spiro atoms. The second-order valence-corrected chi connectivity index (χ2v) is 5.41. The van der Waals surface area contributed by atoms with Gasteiger partial charge >= 0.3 is 0 Å². The summed E-state index contributed by atoms with van der Waals surface area (Å²) in [5, 5.41) is 6.18. The minimum absolute atomic E-state index is 0.229. The van der Waals surface area contributed by atoms with Gasteiger partial charge in [0.2, 0.25) is 0 Å². The fourth-order valence-corrected chi connectivity index (χ4v) is 2.62. The topological polar surface area (TPSA) is 41.1 Å². The summed E-state index contributed by atoms with van der Waals surface area (Å²) in [6, 6.07) is 4.70. The first kappa shape index (κ1) is 13.5. The molecule has 1 heterocycles. The van der Waals surface area contributed by atoms with Crippen LogP contribution in [-0.2, 0) is 0 Å². The Morgan fingerprint density at radius 1 is 1.50 bits per heavy atom. The average Bonchev–Trinajstić information content (AvgIpc) is 2.80. The zero-order valence-electron chi connectivity index (χ0n) is 10.0. The van der Waals surface area contributed by atoms with Gasteiger partial charge in [-0.25, -0.2) is 4.39 Å². The fourth-order valence-electron chi connectivity index (χ4n) is 2.15. The molecule has 0 radical (unpaired) electrons. The van der Waals surface area contributed by atoms with Crippen molar-refractivity contribution in [2.24, 2.45) is 0 Å². The predicted molar refractivity (Wildman–Crippen MR) is 72.1 cm³/mol. The Morgan fingerprint density at radius 3 is 3.00 bits per heavy atom. The molecule has 1 atom stereocenters. The van der Waals surface area contributed by atoms with Crippen molar-refractivity contribution in [3.05, 3.63) is 34.1 Å². The van der Waals surface area contributed by atoms with Crippen LogP contribution >= 0.6 is 15.9 Å². The van der Waals surface area contributed by atoms with Crippen LogP contribution in [0, 0.1) is 5.82 Å². The Balaban J connectivity index is 1.83. The number of carbonyl (C=O) groups is 1. The van der Waals surface area contributed by atoms with Crippen molar-refractivity contribution in [1.82, 2.24) is 10.6 Å². The Morgan fingerprint density at radius 2 is 2.33 bits per heavy atom. The lowest BCUT2D eigenvalue weighted by Crippen LogP contribution is -2.30. The third-order valence-electron chi connectivity index (χ3n) is 3.07. The van der Waals surface area contributed by atoms with Crippen molar-refractivity contribution in [1.29, 1.82) is 0 Å². The highest BCUT2D eigenvalue weighted by Crippen LogP contribution is 2.15. The number of amides is 1. The maximum Gasteiger partial charge on any atom is 0.251 e. The maximum absolute atomic E-state index is 13.1. The number of carbonyl (C=O) groups excluding carboxylic acids is 1. The molecule has 1 aromatic carbocycles. The van der Waals surface area contributed by atoms with E-state index in [2.05, 4.69) is 26.6 Å². The lowest BCUT2D eigenvalue weighted by molar-refractivity contribution is 0.0952. The molecular formula is C13H16BrFN2O. The summed E-state index contributed by atoms with van der Waals surface area (Å²) in [7, 11) is 0. The first-order valence-corrected chi connectivity index (χ1v) is 6.92. The minimum Gasteiger partial charge on any atom is -0.352 e. The van der Waals surface area contributed by atoms with Crippen LogP contribution in [0.5, 0.6) is 0 Å². The number of hydrogen-bond acceptors (Lipinski definition) is 2. The van der Waals surface area contributed by atoms with Gasteiger partial charge in [-0.15, -0.1) is 0 Å². The summed E-state index contributed by atoms with van der Waals surface area (Å²) >= 11 is 3.17. The van der Waals surface area contributed by atoms with Crippen LogP contribution in [0.15, 0.2) is 22.7 Å². The second kappa shape index (κ2) is 6.29. The SMILES string of the molecule is O=C(NCCC1CCCN1)c1cc(F)cc(Br)c1. The first-order valence-electron chi connectivity index (χ1n) is 6.13. The quantitative estimate of drug-likeness (QED) is 0.896. The zero-order chi connectivity index (χ0) is 13.0. The Hall–Kier alpha value is -0.940. The van der Waals surface area contributed by atoms with E-state index in [9.17, 15) is 9.18 Å². The van der Waals surface area contributed by atoms with Gasteiger partial charge in [-0.1, -0.05) is 15.9 Å². The Labute approximate surface area is 114 Å². The van der Waals surface area contributed by atoms with E-state index in [0.717, 1.165) is 13.0 Å². The first-order chi connectivity index (χ1) is 8.65. The number of hydrogen-bond donors (Lipinski definition) is 2. The van der Waals surface area contributed by atoms with Crippen molar-refractivity contribution in [2.45, 2.75) is 25.3 Å². The van der Waals surface area contributed by atoms with Crippen LogP contribution in [0.1, 0.15) is 29.6 Å². The molecule has 0 aromatic heterocycles. The van der Waals surface area contributed by atoms with Crippen molar-refractivity contribution in [3.63, 3.8) is 0 Å². The molecule has 2 rings (SSSR count). The van der Waals surface area contributed by atoms with Crippen molar-refractivity contribution in [3.8, 4) is 0 Å². The van der Waals surface area contributed by atoms with Gasteiger partial charge in [0.1, 0.15) is 5.82 Å². The molecular weight excluding hydrogens is 299 g/mol. The van der Waals surface area contributed by atoms with Gasteiger partial charge < -0.3 is 10.6 Å². The Kier molecular flexibility index (Phi) is 4.72. The molecule has 0 bridgehead atoms. The van der Waals surface area contributed by atoms with Crippen LogP contribution in [0.4, 0.5) is 4.39 Å². The molecule has 1 fully saturated rings. The zero-order valence-corrected chi connectivity index (χ0v) is 11.6. The van der Waals surface area contributed by atoms with E-state index in [1.54, 1.807) is 6.07 Å². The average molecular weight is 315 g/mol. The van der Waals surface area contributed by atoms with Crippen LogP contribution < -0.4 is 10.6 Å². The standard InChI is InChI=1S/C13H16BrFN2O/c14-10-6-9(7-11(15)8-10)13(18)17-5-3-12-2-1-4-16-12/h6-8,12,16H,1-5H2,(H,17,18). The lowest BCUT2D eigenvalue weighted by Gasteiger charge is -2.11. The molecule has 1 aromatic rings. The van der Waals surface area contributed by atoms with Crippen LogP contribution in [-0.4, -0.2) is 25.0 Å². The molecule has 5 heteroatoms. The molecule has 0 saturated carbocycles. The molecule has 1 aliphatic heterocycles. The predicted octanol–water partition coefficient (Wildman–Crippen LogP) is 2.46. The number of benzene rings is 1. The summed E-state index contributed by atoms with van der Waals surface area (Å²) in [4.78, 5) is 11.8. The third-order valence-corrected chi connectivity index (χ3v) is 3.52. The van der Waals surface area contributed by atoms with Crippen molar-refractivity contribution < 1.29 is 9.18 Å². The van der Waals surface area contributed by atoms with E-state index in [-0.39, 0.29) is 5.91 Å².